The zero-order valence-electron chi connectivity index (χ0n) is 57.1. The SMILES string of the molecule is Cc1cnc(-c2cc(-c3ccccc3)cc(N(c3cc(-c4ccccc4)cc(-c4cc(-c5ccccc5)c(C)cn4)c3)c3ccccc3-c3ccccc3)c2)cc1-c1ccccc1.Cc1cnc(-c2cc(Br)cc(-c3ccccc3)c2)cc1-c1ccccc1.Nc1ccccc1-c1ccccc1. The molecule has 13 aromatic carbocycles. The molecule has 102 heavy (non-hydrogen) atoms. The molecule has 0 atom stereocenters. The lowest BCUT2D eigenvalue weighted by Crippen LogP contribution is -2.12. The number of halogens is 1. The van der Waals surface area contributed by atoms with Crippen LogP contribution in [0.4, 0.5) is 22.7 Å². The molecule has 0 bridgehead atoms. The molecule has 0 spiro atoms. The molecular formula is C96H74BrN5. The van der Waals surface area contributed by atoms with Gasteiger partial charge in [0, 0.05) is 67.9 Å². The molecule has 16 rings (SSSR count). The summed E-state index contributed by atoms with van der Waals surface area (Å²) < 4.78 is 1.05. The van der Waals surface area contributed by atoms with Gasteiger partial charge in [0.25, 0.3) is 0 Å². The third kappa shape index (κ3) is 15.6. The topological polar surface area (TPSA) is 67.9 Å². The number of nitrogens with two attached hydrogens (primary N) is 1. The van der Waals surface area contributed by atoms with Crippen molar-refractivity contribution in [3.63, 3.8) is 0 Å². The van der Waals surface area contributed by atoms with E-state index in [0.717, 1.165) is 111 Å². The summed E-state index contributed by atoms with van der Waals surface area (Å²) in [5.74, 6) is 0. The van der Waals surface area contributed by atoms with Crippen molar-refractivity contribution < 1.29 is 0 Å². The molecule has 6 heteroatoms. The molecule has 0 saturated carbocycles. The Morgan fingerprint density at radius 3 is 0.843 bits per heavy atom. The van der Waals surface area contributed by atoms with E-state index in [1.807, 2.05) is 73.2 Å². The number of hydrogen-bond donors (Lipinski definition) is 1. The number of rotatable bonds is 14. The highest BCUT2D eigenvalue weighted by molar-refractivity contribution is 9.10. The largest absolute Gasteiger partial charge is 0.398 e. The Bertz CT molecular complexity index is 5310. The minimum Gasteiger partial charge on any atom is -0.398 e. The van der Waals surface area contributed by atoms with Crippen molar-refractivity contribution in [1.29, 1.82) is 0 Å². The third-order valence-corrected chi connectivity index (χ3v) is 18.8. The number of aromatic nitrogens is 3. The van der Waals surface area contributed by atoms with E-state index in [2.05, 4.69) is 356 Å². The highest BCUT2D eigenvalue weighted by atomic mass is 79.9. The van der Waals surface area contributed by atoms with Crippen LogP contribution < -0.4 is 10.6 Å². The molecule has 5 nitrogen and oxygen atoms in total. The smallest absolute Gasteiger partial charge is 0.0709 e. The number of hydrogen-bond acceptors (Lipinski definition) is 5. The van der Waals surface area contributed by atoms with Crippen LogP contribution in [-0.2, 0) is 0 Å². The van der Waals surface area contributed by atoms with Gasteiger partial charge in [-0.05, 0) is 200 Å². The van der Waals surface area contributed by atoms with Crippen LogP contribution in [0.2, 0.25) is 0 Å². The fourth-order valence-electron chi connectivity index (χ4n) is 13.1. The van der Waals surface area contributed by atoms with Gasteiger partial charge in [0.1, 0.15) is 0 Å². The molecule has 0 aliphatic rings. The number of aryl methyl sites for hydroxylation is 3. The number of para-hydroxylation sites is 2. The maximum Gasteiger partial charge on any atom is 0.0709 e. The first-order chi connectivity index (χ1) is 50.1. The van der Waals surface area contributed by atoms with E-state index in [9.17, 15) is 0 Å². The van der Waals surface area contributed by atoms with Crippen LogP contribution >= 0.6 is 15.9 Å². The summed E-state index contributed by atoms with van der Waals surface area (Å²) in [7, 11) is 0. The molecule has 16 aromatic rings. The molecule has 0 unspecified atom stereocenters. The zero-order chi connectivity index (χ0) is 69.6. The molecule has 3 aromatic heterocycles. The van der Waals surface area contributed by atoms with Gasteiger partial charge < -0.3 is 10.6 Å². The van der Waals surface area contributed by atoms with Crippen LogP contribution in [0.1, 0.15) is 16.7 Å². The summed E-state index contributed by atoms with van der Waals surface area (Å²) in [6.45, 7) is 6.38. The van der Waals surface area contributed by atoms with Crippen LogP contribution in [0.25, 0.3) is 123 Å². The Hall–Kier alpha value is -12.6. The minimum atomic E-state index is 0.828. The normalized spacial score (nSPS) is 10.8. The predicted molar refractivity (Wildman–Crippen MR) is 434 cm³/mol. The van der Waals surface area contributed by atoms with Gasteiger partial charge in [-0.25, -0.2) is 0 Å². The molecule has 2 N–H and O–H groups in total. The van der Waals surface area contributed by atoms with Gasteiger partial charge in [-0.15, -0.1) is 0 Å². The van der Waals surface area contributed by atoms with Gasteiger partial charge in [-0.3, -0.25) is 15.0 Å². The van der Waals surface area contributed by atoms with Gasteiger partial charge in [0.2, 0.25) is 0 Å². The molecule has 490 valence electrons. The standard InChI is InChI=1S/C60H45N3.C24H18BrN.C12H11N/c1-42-40-61-58(38-56(42)47-26-14-6-15-27-47)51-32-49(44-20-8-3-9-21-44)34-53(36-51)63(60-31-19-18-30-55(60)46-24-12-5-13-25-46)54-35-50(45-22-10-4-11-23-45)33-52(37-54)59-39-57(43(2)41-62-59)48-28-16-7-17-29-48;1-17-16-26-24(15-23(17)19-10-6-3-7-11-19)21-12-20(13-22(25)14-21)18-8-4-2-5-9-18;13-12-9-5-4-8-11(12)10-6-2-1-3-7-10/h3-41H,1-2H3;2-16H,1H3;1-9H,13H2. The zero-order valence-corrected chi connectivity index (χ0v) is 58.7. The van der Waals surface area contributed by atoms with Crippen molar-refractivity contribution in [1.82, 2.24) is 15.0 Å². The van der Waals surface area contributed by atoms with Crippen molar-refractivity contribution in [3.8, 4) is 123 Å². The molecular weight excluding hydrogens is 1300 g/mol. The number of benzene rings is 13. The summed E-state index contributed by atoms with van der Waals surface area (Å²) in [6.07, 6.45) is 5.96. The van der Waals surface area contributed by atoms with Gasteiger partial charge in [0.05, 0.1) is 22.8 Å². The summed E-state index contributed by atoms with van der Waals surface area (Å²) in [5.41, 5.74) is 37.6. The van der Waals surface area contributed by atoms with Crippen LogP contribution in [0.5, 0.6) is 0 Å². The van der Waals surface area contributed by atoms with E-state index >= 15 is 0 Å². The molecule has 0 fully saturated rings. The minimum absolute atomic E-state index is 0.828. The van der Waals surface area contributed by atoms with Crippen LogP contribution in [0.15, 0.2) is 387 Å². The Morgan fingerprint density at radius 1 is 0.235 bits per heavy atom. The second-order valence-corrected chi connectivity index (χ2v) is 26.2. The van der Waals surface area contributed by atoms with Crippen molar-refractivity contribution in [2.45, 2.75) is 20.8 Å². The number of anilines is 4. The highest BCUT2D eigenvalue weighted by Crippen LogP contribution is 2.47. The summed E-state index contributed by atoms with van der Waals surface area (Å²) in [6, 6.07) is 128. The van der Waals surface area contributed by atoms with Crippen LogP contribution in [0.3, 0.4) is 0 Å². The Kier molecular flexibility index (Phi) is 20.6. The first-order valence-corrected chi connectivity index (χ1v) is 35.1. The van der Waals surface area contributed by atoms with Crippen molar-refractivity contribution in [2.75, 3.05) is 10.6 Å². The molecule has 3 heterocycles. The first-order valence-electron chi connectivity index (χ1n) is 34.3. The van der Waals surface area contributed by atoms with Gasteiger partial charge in [-0.1, -0.05) is 295 Å². The first kappa shape index (κ1) is 66.6. The Balaban J connectivity index is 0.000000183. The Labute approximate surface area is 607 Å². The summed E-state index contributed by atoms with van der Waals surface area (Å²) in [4.78, 5) is 17.3. The number of nitrogens with zero attached hydrogens (tertiary/aromatic N) is 4. The average molecular weight is 1380 g/mol. The van der Waals surface area contributed by atoms with Crippen LogP contribution in [0, 0.1) is 20.8 Å². The Morgan fingerprint density at radius 2 is 0.490 bits per heavy atom. The molecule has 0 radical (unpaired) electrons. The lowest BCUT2D eigenvalue weighted by molar-refractivity contribution is 1.25. The number of nitrogen functional groups attached to an aromatic ring is 1. The lowest BCUT2D eigenvalue weighted by Gasteiger charge is -2.30. The molecule has 0 amide bonds. The highest BCUT2D eigenvalue weighted by Gasteiger charge is 2.23. The summed E-state index contributed by atoms with van der Waals surface area (Å²) >= 11 is 3.66. The lowest BCUT2D eigenvalue weighted by atomic mass is 9.94. The second kappa shape index (κ2) is 31.5. The van der Waals surface area contributed by atoms with E-state index in [4.69, 9.17) is 15.7 Å². The fraction of sp³-hybridized carbons (Fsp3) is 0.0312. The summed E-state index contributed by atoms with van der Waals surface area (Å²) in [5, 5.41) is 0. The molecule has 0 saturated heterocycles. The van der Waals surface area contributed by atoms with E-state index in [0.29, 0.717) is 0 Å². The van der Waals surface area contributed by atoms with E-state index in [1.54, 1.807) is 0 Å². The third-order valence-electron chi connectivity index (χ3n) is 18.3. The maximum absolute atomic E-state index is 5.85. The predicted octanol–water partition coefficient (Wildman–Crippen LogP) is 26.3. The molecule has 0 aliphatic heterocycles. The van der Waals surface area contributed by atoms with E-state index < -0.39 is 0 Å². The molecule has 0 aliphatic carbocycles. The van der Waals surface area contributed by atoms with Crippen molar-refractivity contribution in [3.05, 3.63) is 404 Å². The van der Waals surface area contributed by atoms with Crippen molar-refractivity contribution in [2.24, 2.45) is 0 Å². The van der Waals surface area contributed by atoms with E-state index in [1.165, 1.54) is 55.6 Å². The van der Waals surface area contributed by atoms with Gasteiger partial charge in [-0.2, -0.15) is 0 Å². The monoisotopic (exact) mass is 1380 g/mol. The van der Waals surface area contributed by atoms with E-state index in [-0.39, 0.29) is 0 Å². The van der Waals surface area contributed by atoms with Crippen LogP contribution in [-0.4, -0.2) is 15.0 Å². The average Bonchev–Trinajstić information content (AvgIpc) is 0.762. The van der Waals surface area contributed by atoms with Gasteiger partial charge >= 0.3 is 0 Å². The maximum atomic E-state index is 5.85. The van der Waals surface area contributed by atoms with Crippen molar-refractivity contribution >= 4 is 38.7 Å². The van der Waals surface area contributed by atoms with Gasteiger partial charge in [0.15, 0.2) is 0 Å². The second-order valence-electron chi connectivity index (χ2n) is 25.3. The fourth-order valence-corrected chi connectivity index (χ4v) is 13.6. The quantitative estimate of drug-likeness (QED) is 0.110. The number of pyridine rings is 3.